The van der Waals surface area contributed by atoms with E-state index in [0.29, 0.717) is 33.0 Å². The molecule has 2 aromatic carbocycles. The molecule has 0 saturated carbocycles. The summed E-state index contributed by atoms with van der Waals surface area (Å²) in [6.07, 6.45) is 1.50. The summed E-state index contributed by atoms with van der Waals surface area (Å²) in [5.74, 6) is -0.306. The lowest BCUT2D eigenvalue weighted by atomic mass is 9.93. The molecule has 0 aliphatic carbocycles. The number of fused-ring (bicyclic) bond motifs is 1. The number of hydrogen-bond donors (Lipinski definition) is 1. The topological polar surface area (TPSA) is 77.2 Å². The first kappa shape index (κ1) is 18.6. The fourth-order valence-electron chi connectivity index (χ4n) is 3.37. The van der Waals surface area contributed by atoms with E-state index in [-0.39, 0.29) is 12.5 Å². The number of benzene rings is 2. The first-order chi connectivity index (χ1) is 13.4. The lowest BCUT2D eigenvalue weighted by molar-refractivity contribution is -0.0547. The Kier molecular flexibility index (Phi) is 4.68. The van der Waals surface area contributed by atoms with Crippen molar-refractivity contribution in [1.29, 1.82) is 5.26 Å². The Hall–Kier alpha value is -2.72. The van der Waals surface area contributed by atoms with E-state index in [2.05, 4.69) is 27.0 Å². The lowest BCUT2D eigenvalue weighted by Crippen LogP contribution is -2.44. The highest BCUT2D eigenvalue weighted by Gasteiger charge is 2.50. The molecule has 0 spiro atoms. The van der Waals surface area contributed by atoms with Crippen LogP contribution in [0.4, 0.5) is 0 Å². The molecule has 1 aliphatic rings. The Balaban J connectivity index is 1.86. The summed E-state index contributed by atoms with van der Waals surface area (Å²) >= 11 is 9.29. The third-order valence-corrected chi connectivity index (χ3v) is 5.47. The maximum atomic E-state index is 13.2. The van der Waals surface area contributed by atoms with E-state index in [1.54, 1.807) is 54.6 Å². The minimum Gasteiger partial charge on any atom is -0.363 e. The van der Waals surface area contributed by atoms with Gasteiger partial charge in [-0.3, -0.25) is 14.7 Å². The Labute approximate surface area is 174 Å². The molecular weight excluding hydrogens is 442 g/mol. The molecule has 1 N–H and O–H groups in total. The smallest absolute Gasteiger partial charge is 0.257 e. The summed E-state index contributed by atoms with van der Waals surface area (Å²) in [6, 6.07) is 17.2. The molecule has 1 atom stereocenters. The van der Waals surface area contributed by atoms with Crippen molar-refractivity contribution < 1.29 is 9.90 Å². The standard InChI is InChI=1S/C21H13BrClN3O2/c22-15-5-8-19-18(9-15)20(27)26(12-17-7-6-16(23)11-25-17)21(19,28)14-3-1-13(10-24)2-4-14/h1-9,11,28H,12H2. The summed E-state index contributed by atoms with van der Waals surface area (Å²) in [6.45, 7) is 0.0960. The summed E-state index contributed by atoms with van der Waals surface area (Å²) in [5.41, 5.74) is 0.780. The van der Waals surface area contributed by atoms with Gasteiger partial charge < -0.3 is 5.11 Å². The van der Waals surface area contributed by atoms with Gasteiger partial charge in [0.05, 0.1) is 28.9 Å². The largest absolute Gasteiger partial charge is 0.363 e. The van der Waals surface area contributed by atoms with Crippen LogP contribution in [0.25, 0.3) is 0 Å². The number of rotatable bonds is 3. The van der Waals surface area contributed by atoms with Crippen LogP contribution in [0.5, 0.6) is 0 Å². The predicted molar refractivity (Wildman–Crippen MR) is 107 cm³/mol. The van der Waals surface area contributed by atoms with Crippen molar-refractivity contribution in [2.75, 3.05) is 0 Å². The minimum atomic E-state index is -1.68. The van der Waals surface area contributed by atoms with E-state index < -0.39 is 5.72 Å². The molecule has 138 valence electrons. The van der Waals surface area contributed by atoms with Gasteiger partial charge in [0.1, 0.15) is 0 Å². The molecule has 4 rings (SSSR count). The van der Waals surface area contributed by atoms with Crippen LogP contribution in [-0.2, 0) is 12.3 Å². The number of halogens is 2. The number of amides is 1. The van der Waals surface area contributed by atoms with Crippen LogP contribution in [0.3, 0.4) is 0 Å². The van der Waals surface area contributed by atoms with Gasteiger partial charge in [0.2, 0.25) is 0 Å². The number of aliphatic hydroxyl groups is 1. The quantitative estimate of drug-likeness (QED) is 0.643. The number of carbonyl (C=O) groups is 1. The molecule has 0 radical (unpaired) electrons. The van der Waals surface area contributed by atoms with Crippen LogP contribution in [0.15, 0.2) is 65.3 Å². The van der Waals surface area contributed by atoms with E-state index in [4.69, 9.17) is 16.9 Å². The second-order valence-corrected chi connectivity index (χ2v) is 7.76. The average Bonchev–Trinajstić information content (AvgIpc) is 2.92. The first-order valence-corrected chi connectivity index (χ1v) is 9.56. The zero-order valence-electron chi connectivity index (χ0n) is 14.4. The normalized spacial score (nSPS) is 18.1. The summed E-state index contributed by atoms with van der Waals surface area (Å²) < 4.78 is 0.744. The Morgan fingerprint density at radius 3 is 2.57 bits per heavy atom. The highest BCUT2D eigenvalue weighted by Crippen LogP contribution is 2.43. The van der Waals surface area contributed by atoms with Gasteiger partial charge in [0.15, 0.2) is 5.72 Å². The van der Waals surface area contributed by atoms with E-state index in [1.807, 2.05) is 0 Å². The van der Waals surface area contributed by atoms with Gasteiger partial charge in [0.25, 0.3) is 5.91 Å². The molecule has 7 heteroatoms. The number of nitrogens with zero attached hydrogens (tertiary/aromatic N) is 3. The summed E-state index contributed by atoms with van der Waals surface area (Å²) in [5, 5.41) is 21.3. The monoisotopic (exact) mass is 453 g/mol. The molecule has 0 bridgehead atoms. The van der Waals surface area contributed by atoms with Crippen LogP contribution in [0.2, 0.25) is 5.02 Å². The van der Waals surface area contributed by atoms with Crippen LogP contribution < -0.4 is 0 Å². The van der Waals surface area contributed by atoms with Crippen molar-refractivity contribution in [2.24, 2.45) is 0 Å². The van der Waals surface area contributed by atoms with Gasteiger partial charge in [-0.15, -0.1) is 0 Å². The van der Waals surface area contributed by atoms with Crippen LogP contribution in [0.1, 0.15) is 32.7 Å². The van der Waals surface area contributed by atoms with Crippen molar-refractivity contribution in [3.8, 4) is 6.07 Å². The molecule has 1 unspecified atom stereocenters. The fraction of sp³-hybridized carbons (Fsp3) is 0.0952. The average molecular weight is 455 g/mol. The molecule has 1 amide bonds. The second kappa shape index (κ2) is 7.02. The van der Waals surface area contributed by atoms with Crippen molar-refractivity contribution in [2.45, 2.75) is 12.3 Å². The molecule has 1 aromatic heterocycles. The highest BCUT2D eigenvalue weighted by atomic mass is 79.9. The minimum absolute atomic E-state index is 0.0960. The highest BCUT2D eigenvalue weighted by molar-refractivity contribution is 9.10. The first-order valence-electron chi connectivity index (χ1n) is 8.39. The molecule has 0 fully saturated rings. The lowest BCUT2D eigenvalue weighted by Gasteiger charge is -2.34. The maximum Gasteiger partial charge on any atom is 0.257 e. The molecule has 2 heterocycles. The van der Waals surface area contributed by atoms with Gasteiger partial charge in [-0.2, -0.15) is 5.26 Å². The Bertz CT molecular complexity index is 1110. The van der Waals surface area contributed by atoms with Crippen molar-refractivity contribution in [3.63, 3.8) is 0 Å². The Morgan fingerprint density at radius 2 is 1.93 bits per heavy atom. The van der Waals surface area contributed by atoms with E-state index in [0.717, 1.165) is 4.47 Å². The molecular formula is C21H13BrClN3O2. The van der Waals surface area contributed by atoms with Gasteiger partial charge in [-0.25, -0.2) is 0 Å². The van der Waals surface area contributed by atoms with Crippen molar-refractivity contribution >= 4 is 33.4 Å². The third kappa shape index (κ3) is 2.98. The number of pyridine rings is 1. The molecule has 5 nitrogen and oxygen atoms in total. The zero-order valence-corrected chi connectivity index (χ0v) is 16.8. The molecule has 28 heavy (non-hydrogen) atoms. The van der Waals surface area contributed by atoms with Crippen molar-refractivity contribution in [3.05, 3.63) is 98.2 Å². The zero-order chi connectivity index (χ0) is 19.9. The fourth-order valence-corrected chi connectivity index (χ4v) is 3.84. The molecule has 3 aromatic rings. The van der Waals surface area contributed by atoms with Crippen molar-refractivity contribution in [1.82, 2.24) is 9.88 Å². The van der Waals surface area contributed by atoms with Crippen LogP contribution in [0, 0.1) is 11.3 Å². The number of nitriles is 1. The predicted octanol–water partition coefficient (Wildman–Crippen LogP) is 4.22. The maximum absolute atomic E-state index is 13.2. The van der Waals surface area contributed by atoms with E-state index in [9.17, 15) is 9.90 Å². The number of aromatic nitrogens is 1. The SMILES string of the molecule is N#Cc1ccc(C2(O)c3ccc(Br)cc3C(=O)N2Cc2ccc(Cl)cn2)cc1. The van der Waals surface area contributed by atoms with Gasteiger partial charge >= 0.3 is 0 Å². The number of hydrogen-bond acceptors (Lipinski definition) is 4. The van der Waals surface area contributed by atoms with Crippen LogP contribution in [-0.4, -0.2) is 20.9 Å². The van der Waals surface area contributed by atoms with E-state index >= 15 is 0 Å². The van der Waals surface area contributed by atoms with Gasteiger partial charge in [-0.1, -0.05) is 45.7 Å². The second-order valence-electron chi connectivity index (χ2n) is 6.41. The van der Waals surface area contributed by atoms with Gasteiger partial charge in [0, 0.05) is 27.4 Å². The number of carbonyl (C=O) groups excluding carboxylic acids is 1. The summed E-state index contributed by atoms with van der Waals surface area (Å²) in [7, 11) is 0. The molecule has 1 aliphatic heterocycles. The summed E-state index contributed by atoms with van der Waals surface area (Å²) in [4.78, 5) is 18.8. The third-order valence-electron chi connectivity index (χ3n) is 4.75. The Morgan fingerprint density at radius 1 is 1.18 bits per heavy atom. The van der Waals surface area contributed by atoms with Crippen LogP contribution >= 0.6 is 27.5 Å². The van der Waals surface area contributed by atoms with E-state index in [1.165, 1.54) is 11.1 Å². The van der Waals surface area contributed by atoms with Gasteiger partial charge in [-0.05, 0) is 36.4 Å². The molecule has 0 saturated heterocycles.